The minimum atomic E-state index is -0.789. The summed E-state index contributed by atoms with van der Waals surface area (Å²) in [7, 11) is 2.40. The van der Waals surface area contributed by atoms with Gasteiger partial charge in [0.2, 0.25) is 0 Å². The topological polar surface area (TPSA) is 72.9 Å². The van der Waals surface area contributed by atoms with Gasteiger partial charge < -0.3 is 14.4 Å². The van der Waals surface area contributed by atoms with Crippen molar-refractivity contribution in [1.82, 2.24) is 0 Å². The van der Waals surface area contributed by atoms with E-state index in [2.05, 4.69) is 0 Å². The maximum atomic E-state index is 13.4. The summed E-state index contributed by atoms with van der Waals surface area (Å²) in [4.78, 5) is 39.8. The zero-order chi connectivity index (χ0) is 22.5. The number of ether oxygens (including phenoxy) is 2. The Hall–Kier alpha value is -3.35. The Morgan fingerprint density at radius 3 is 2.26 bits per heavy atom. The normalized spacial score (nSPS) is 13.1. The fourth-order valence-corrected chi connectivity index (χ4v) is 3.44. The van der Waals surface area contributed by atoms with E-state index in [0.717, 1.165) is 0 Å². The van der Waals surface area contributed by atoms with Crippen molar-refractivity contribution in [2.24, 2.45) is 0 Å². The number of ketones is 1. The van der Waals surface area contributed by atoms with Crippen LogP contribution in [-0.2, 0) is 19.1 Å². The van der Waals surface area contributed by atoms with Crippen molar-refractivity contribution < 1.29 is 23.9 Å². The average molecular weight is 458 g/mol. The third-order valence-corrected chi connectivity index (χ3v) is 5.04. The van der Waals surface area contributed by atoms with Crippen molar-refractivity contribution in [2.45, 2.75) is 0 Å². The van der Waals surface area contributed by atoms with Crippen LogP contribution in [0, 0.1) is 0 Å². The monoisotopic (exact) mass is 457 g/mol. The molecule has 0 saturated carbocycles. The maximum Gasteiger partial charge on any atom is 0.355 e. The highest BCUT2D eigenvalue weighted by Crippen LogP contribution is 2.33. The molecule has 0 fully saturated rings. The fourth-order valence-electron chi connectivity index (χ4n) is 3.04. The number of benzene rings is 2. The second-order valence-corrected chi connectivity index (χ2v) is 7.13. The fraction of sp³-hybridized carbons (Fsp3) is 0.0870. The van der Waals surface area contributed by atoms with Crippen molar-refractivity contribution in [3.05, 3.63) is 99.3 Å². The number of hydrogen-bond acceptors (Lipinski definition) is 6. The molecule has 31 heavy (non-hydrogen) atoms. The first-order valence-electron chi connectivity index (χ1n) is 9.02. The van der Waals surface area contributed by atoms with E-state index in [0.29, 0.717) is 10.7 Å². The van der Waals surface area contributed by atoms with Crippen LogP contribution in [0.15, 0.2) is 78.2 Å². The van der Waals surface area contributed by atoms with Gasteiger partial charge in [0, 0.05) is 22.3 Å². The van der Waals surface area contributed by atoms with E-state index in [1.807, 2.05) is 0 Å². The second kappa shape index (κ2) is 9.64. The Bertz CT molecular complexity index is 1150. The molecule has 0 amide bonds. The largest absolute Gasteiger partial charge is 0.465 e. The van der Waals surface area contributed by atoms with Gasteiger partial charge in [0.05, 0.1) is 30.5 Å². The number of methoxy groups -OCH3 is 2. The molecule has 0 unspecified atom stereocenters. The van der Waals surface area contributed by atoms with Crippen LogP contribution in [0.3, 0.4) is 0 Å². The van der Waals surface area contributed by atoms with Crippen LogP contribution >= 0.6 is 23.2 Å². The van der Waals surface area contributed by atoms with Crippen LogP contribution in [0.5, 0.6) is 0 Å². The lowest BCUT2D eigenvalue weighted by molar-refractivity contribution is -0.139. The van der Waals surface area contributed by atoms with E-state index in [1.165, 1.54) is 37.5 Å². The predicted octanol–water partition coefficient (Wildman–Crippen LogP) is 4.71. The number of anilines is 1. The summed E-state index contributed by atoms with van der Waals surface area (Å²) in [6.07, 6.45) is 6.14. The van der Waals surface area contributed by atoms with Gasteiger partial charge in [-0.3, -0.25) is 4.79 Å². The smallest absolute Gasteiger partial charge is 0.355 e. The summed E-state index contributed by atoms with van der Waals surface area (Å²) in [5.74, 6) is -1.93. The van der Waals surface area contributed by atoms with Crippen LogP contribution in [0.1, 0.15) is 15.9 Å². The molecular formula is C23H17Cl2NO5. The Morgan fingerprint density at radius 2 is 1.58 bits per heavy atom. The molecule has 1 heterocycles. The molecule has 0 spiro atoms. The van der Waals surface area contributed by atoms with Gasteiger partial charge in [0.1, 0.15) is 5.70 Å². The highest BCUT2D eigenvalue weighted by Gasteiger charge is 2.30. The van der Waals surface area contributed by atoms with Crippen molar-refractivity contribution in [3.8, 4) is 0 Å². The van der Waals surface area contributed by atoms with E-state index < -0.39 is 17.7 Å². The molecule has 1 aliphatic heterocycles. The zero-order valence-electron chi connectivity index (χ0n) is 16.6. The number of nitrogens with zero attached hydrogens (tertiary/aromatic N) is 1. The summed E-state index contributed by atoms with van der Waals surface area (Å²) in [6, 6.07) is 11.2. The van der Waals surface area contributed by atoms with Gasteiger partial charge in [-0.05, 0) is 42.5 Å². The van der Waals surface area contributed by atoms with Crippen molar-refractivity contribution >= 4 is 46.6 Å². The van der Waals surface area contributed by atoms with Crippen molar-refractivity contribution in [3.63, 3.8) is 0 Å². The van der Waals surface area contributed by atoms with Crippen LogP contribution in [-0.4, -0.2) is 31.9 Å². The van der Waals surface area contributed by atoms with E-state index in [4.69, 9.17) is 32.7 Å². The number of allylic oxidation sites excluding steroid dienone is 2. The van der Waals surface area contributed by atoms with E-state index >= 15 is 0 Å². The van der Waals surface area contributed by atoms with Gasteiger partial charge in [-0.1, -0.05) is 41.4 Å². The Balaban J connectivity index is 2.26. The first-order chi connectivity index (χ1) is 14.9. The van der Waals surface area contributed by atoms with E-state index in [1.54, 1.807) is 48.6 Å². The molecule has 1 aliphatic rings. The molecule has 8 heteroatoms. The quantitative estimate of drug-likeness (QED) is 0.477. The summed E-state index contributed by atoms with van der Waals surface area (Å²) in [5.41, 5.74) is 0.593. The minimum absolute atomic E-state index is 0.0366. The highest BCUT2D eigenvalue weighted by molar-refractivity contribution is 6.36. The van der Waals surface area contributed by atoms with E-state index in [9.17, 15) is 14.4 Å². The average Bonchev–Trinajstić information content (AvgIpc) is 3.00. The van der Waals surface area contributed by atoms with Gasteiger partial charge in [-0.25, -0.2) is 9.59 Å². The molecule has 0 atom stereocenters. The molecule has 0 aliphatic carbocycles. The molecule has 6 nitrogen and oxygen atoms in total. The van der Waals surface area contributed by atoms with Gasteiger partial charge in [-0.2, -0.15) is 0 Å². The number of esters is 2. The first kappa shape index (κ1) is 22.3. The second-order valence-electron chi connectivity index (χ2n) is 6.29. The molecule has 2 aromatic rings. The summed E-state index contributed by atoms with van der Waals surface area (Å²) < 4.78 is 9.72. The lowest BCUT2D eigenvalue weighted by Gasteiger charge is -2.25. The lowest BCUT2D eigenvalue weighted by Crippen LogP contribution is -2.28. The van der Waals surface area contributed by atoms with Gasteiger partial charge >= 0.3 is 11.9 Å². The number of halogens is 2. The Morgan fingerprint density at radius 1 is 0.871 bits per heavy atom. The third kappa shape index (κ3) is 4.55. The SMILES string of the molecule is COC(=O)C1=C(C(=O)OC)N(c2ccc(Cl)cc2C(=O)c2ccccc2Cl)C=CC=C1. The molecule has 3 rings (SSSR count). The molecular weight excluding hydrogens is 441 g/mol. The number of carbonyl (C=O) groups is 3. The Kier molecular flexibility index (Phi) is 6.95. The number of rotatable bonds is 5. The van der Waals surface area contributed by atoms with Crippen molar-refractivity contribution in [2.75, 3.05) is 19.1 Å². The molecule has 158 valence electrons. The molecule has 0 saturated heterocycles. The van der Waals surface area contributed by atoms with Crippen LogP contribution in [0.25, 0.3) is 0 Å². The molecule has 0 radical (unpaired) electrons. The summed E-state index contributed by atoms with van der Waals surface area (Å²) in [6.45, 7) is 0. The predicted molar refractivity (Wildman–Crippen MR) is 118 cm³/mol. The zero-order valence-corrected chi connectivity index (χ0v) is 18.1. The molecule has 2 aromatic carbocycles. The highest BCUT2D eigenvalue weighted by atomic mass is 35.5. The standard InChI is InChI=1S/C23H17Cl2NO5/c1-30-22(28)16-8-5-6-12-26(20(16)23(29)31-2)19-11-10-14(24)13-17(19)21(27)15-7-3-4-9-18(15)25/h3-13H,1-2H3. The first-order valence-corrected chi connectivity index (χ1v) is 9.78. The minimum Gasteiger partial charge on any atom is -0.465 e. The van der Waals surface area contributed by atoms with Crippen molar-refractivity contribution in [1.29, 1.82) is 0 Å². The van der Waals surface area contributed by atoms with Crippen LogP contribution in [0.4, 0.5) is 5.69 Å². The van der Waals surface area contributed by atoms with Crippen LogP contribution < -0.4 is 4.90 Å². The van der Waals surface area contributed by atoms with E-state index in [-0.39, 0.29) is 27.4 Å². The van der Waals surface area contributed by atoms with Gasteiger partial charge in [-0.15, -0.1) is 0 Å². The van der Waals surface area contributed by atoms with Gasteiger partial charge in [0.15, 0.2) is 5.78 Å². The number of carbonyl (C=O) groups excluding carboxylic acids is 3. The van der Waals surface area contributed by atoms with Crippen LogP contribution in [0.2, 0.25) is 10.0 Å². The van der Waals surface area contributed by atoms with Gasteiger partial charge in [0.25, 0.3) is 0 Å². The lowest BCUT2D eigenvalue weighted by atomic mass is 10.00. The summed E-state index contributed by atoms with van der Waals surface area (Å²) in [5, 5.41) is 0.582. The molecule has 0 aromatic heterocycles. The third-order valence-electron chi connectivity index (χ3n) is 4.47. The maximum absolute atomic E-state index is 13.4. The number of hydrogen-bond donors (Lipinski definition) is 0. The molecule has 0 N–H and O–H groups in total. The Labute approximate surface area is 189 Å². The molecule has 0 bridgehead atoms. The summed E-state index contributed by atoms with van der Waals surface area (Å²) >= 11 is 12.4.